The molecule has 2 aliphatic heterocycles. The van der Waals surface area contributed by atoms with Crippen molar-refractivity contribution in [1.82, 2.24) is 0 Å². The normalized spacial score (nSPS) is 34.3. The van der Waals surface area contributed by atoms with E-state index in [1.807, 2.05) is 0 Å². The van der Waals surface area contributed by atoms with Gasteiger partial charge in [-0.25, -0.2) is 0 Å². The lowest BCUT2D eigenvalue weighted by atomic mass is 11.7. The van der Waals surface area contributed by atoms with Gasteiger partial charge >= 0.3 is 0 Å². The van der Waals surface area contributed by atoms with Crippen molar-refractivity contribution in [2.45, 2.75) is 2.74 Å². The Bertz CT molecular complexity index is 67.4. The highest BCUT2D eigenvalue weighted by atomic mass is 32.4. The monoisotopic (exact) mass is 168 g/mol. The van der Waals surface area contributed by atoms with Gasteiger partial charge in [-0.2, -0.15) is 0 Å². The molecule has 40 valence electrons. The van der Waals surface area contributed by atoms with Crippen LogP contribution in [0.5, 0.6) is 0 Å². The van der Waals surface area contributed by atoms with Crippen LogP contribution in [-0.4, -0.2) is 12.9 Å². The van der Waals surface area contributed by atoms with Crippen LogP contribution >= 0.6 is 47.0 Å². The van der Waals surface area contributed by atoms with Crippen LogP contribution in [0.1, 0.15) is 0 Å². The van der Waals surface area contributed by atoms with Crippen LogP contribution in [0.2, 0.25) is 0 Å². The van der Waals surface area contributed by atoms with E-state index in [9.17, 15) is 0 Å². The summed E-state index contributed by atoms with van der Waals surface area (Å²) in [6.07, 6.45) is 0. The summed E-state index contributed by atoms with van der Waals surface area (Å²) in [5.74, 6) is 0. The largest absolute Gasteiger partial charge is 0.156 e. The van der Waals surface area contributed by atoms with Gasteiger partial charge < -0.3 is 0 Å². The topological polar surface area (TPSA) is 0 Å². The SMILES string of the molecule is C1SC2(S1)SCS2. The first-order chi connectivity index (χ1) is 3.41. The minimum absolute atomic E-state index is 0.611. The number of rotatable bonds is 0. The molecule has 0 aliphatic carbocycles. The fraction of sp³-hybridized carbons (Fsp3) is 1.00. The Morgan fingerprint density at radius 2 is 1.29 bits per heavy atom. The summed E-state index contributed by atoms with van der Waals surface area (Å²) in [5.41, 5.74) is 0. The molecule has 0 aromatic carbocycles. The predicted octanol–water partition coefficient (Wildman–Crippen LogP) is 2.47. The third-order valence-electron chi connectivity index (χ3n) is 0.943. The first kappa shape index (κ1) is 5.21. The van der Waals surface area contributed by atoms with Crippen molar-refractivity contribution in [1.29, 1.82) is 0 Å². The quantitative estimate of drug-likeness (QED) is 0.544. The first-order valence-electron chi connectivity index (χ1n) is 1.97. The van der Waals surface area contributed by atoms with Crippen molar-refractivity contribution in [2.24, 2.45) is 0 Å². The molecule has 2 rings (SSSR count). The van der Waals surface area contributed by atoms with Gasteiger partial charge in [0.15, 0.2) is 2.74 Å². The third-order valence-corrected chi connectivity index (χ3v) is 8.49. The van der Waals surface area contributed by atoms with Gasteiger partial charge in [0.2, 0.25) is 0 Å². The van der Waals surface area contributed by atoms with Gasteiger partial charge in [-0.05, 0) is 0 Å². The molecule has 2 fully saturated rings. The molecule has 2 aliphatic rings. The molecule has 0 aromatic rings. The van der Waals surface area contributed by atoms with Crippen LogP contribution in [-0.2, 0) is 0 Å². The molecule has 7 heavy (non-hydrogen) atoms. The number of hydrogen-bond acceptors (Lipinski definition) is 4. The zero-order valence-electron chi connectivity index (χ0n) is 3.55. The molecule has 0 unspecified atom stereocenters. The van der Waals surface area contributed by atoms with E-state index in [-0.39, 0.29) is 0 Å². The highest BCUT2D eigenvalue weighted by Crippen LogP contribution is 2.71. The molecule has 1 spiro atoms. The standard InChI is InChI=1S/C3H4S4/c1-4-3(5-1)6-2-7-3/h1-2H2. The van der Waals surface area contributed by atoms with Crippen molar-refractivity contribution in [3.63, 3.8) is 0 Å². The van der Waals surface area contributed by atoms with Gasteiger partial charge in [0, 0.05) is 10.2 Å². The van der Waals surface area contributed by atoms with Crippen molar-refractivity contribution >= 4 is 47.0 Å². The summed E-state index contributed by atoms with van der Waals surface area (Å²) in [5, 5.41) is 2.64. The molecule has 4 heteroatoms. The maximum atomic E-state index is 2.08. The summed E-state index contributed by atoms with van der Waals surface area (Å²) in [4.78, 5) is 0. The zero-order valence-corrected chi connectivity index (χ0v) is 6.81. The molecule has 0 N–H and O–H groups in total. The molecule has 0 saturated carbocycles. The Morgan fingerprint density at radius 1 is 0.857 bits per heavy atom. The lowest BCUT2D eigenvalue weighted by Crippen LogP contribution is -2.26. The molecular weight excluding hydrogens is 164 g/mol. The van der Waals surface area contributed by atoms with E-state index in [1.54, 1.807) is 0 Å². The van der Waals surface area contributed by atoms with E-state index >= 15 is 0 Å². The van der Waals surface area contributed by atoms with Gasteiger partial charge in [0.05, 0.1) is 0 Å². The molecule has 0 aromatic heterocycles. The van der Waals surface area contributed by atoms with E-state index in [1.165, 1.54) is 10.2 Å². The van der Waals surface area contributed by atoms with Crippen LogP contribution in [0.3, 0.4) is 0 Å². The Balaban J connectivity index is 2.00. The van der Waals surface area contributed by atoms with Crippen molar-refractivity contribution in [3.8, 4) is 0 Å². The van der Waals surface area contributed by atoms with E-state index < -0.39 is 0 Å². The molecule has 0 nitrogen and oxygen atoms in total. The minimum Gasteiger partial charge on any atom is -0.111 e. The average Bonchev–Trinajstić information content (AvgIpc) is 1.20. The molecule has 0 amide bonds. The van der Waals surface area contributed by atoms with Crippen LogP contribution in [0.25, 0.3) is 0 Å². The fourth-order valence-electron chi connectivity index (χ4n) is 0.477. The second-order valence-corrected chi connectivity index (χ2v) is 8.35. The predicted molar refractivity (Wildman–Crippen MR) is 42.8 cm³/mol. The fourth-order valence-corrected chi connectivity index (χ4v) is 7.76. The van der Waals surface area contributed by atoms with E-state index in [0.717, 1.165) is 0 Å². The molecule has 2 heterocycles. The molecular formula is C3H4S4. The van der Waals surface area contributed by atoms with E-state index in [2.05, 4.69) is 47.0 Å². The van der Waals surface area contributed by atoms with Crippen molar-refractivity contribution in [3.05, 3.63) is 0 Å². The Labute approximate surface area is 59.9 Å². The summed E-state index contributed by atoms with van der Waals surface area (Å²) >= 11 is 8.33. The zero-order chi connectivity index (χ0) is 4.74. The van der Waals surface area contributed by atoms with Crippen LogP contribution in [0.15, 0.2) is 0 Å². The average molecular weight is 168 g/mol. The highest BCUT2D eigenvalue weighted by molar-refractivity contribution is 8.62. The molecule has 0 bridgehead atoms. The highest BCUT2D eigenvalue weighted by Gasteiger charge is 2.46. The number of thioether (sulfide) groups is 4. The van der Waals surface area contributed by atoms with Gasteiger partial charge in [0.1, 0.15) is 0 Å². The van der Waals surface area contributed by atoms with Gasteiger partial charge in [-0.1, -0.05) is 0 Å². The minimum atomic E-state index is 0.611. The number of hydrogen-bond donors (Lipinski definition) is 0. The van der Waals surface area contributed by atoms with E-state index in [0.29, 0.717) is 2.74 Å². The van der Waals surface area contributed by atoms with E-state index in [4.69, 9.17) is 0 Å². The second kappa shape index (κ2) is 1.69. The summed E-state index contributed by atoms with van der Waals surface area (Å²) in [7, 11) is 0. The van der Waals surface area contributed by atoms with Crippen LogP contribution in [0, 0.1) is 0 Å². The van der Waals surface area contributed by atoms with Gasteiger partial charge in [-0.3, -0.25) is 0 Å². The lowest BCUT2D eigenvalue weighted by Gasteiger charge is -2.45. The van der Waals surface area contributed by atoms with Crippen molar-refractivity contribution < 1.29 is 0 Å². The maximum Gasteiger partial charge on any atom is 0.156 e. The molecule has 0 atom stereocenters. The van der Waals surface area contributed by atoms with Gasteiger partial charge in [-0.15, -0.1) is 47.0 Å². The lowest BCUT2D eigenvalue weighted by molar-refractivity contribution is 1.72. The van der Waals surface area contributed by atoms with Crippen LogP contribution < -0.4 is 0 Å². The maximum absolute atomic E-state index is 2.08. The Morgan fingerprint density at radius 3 is 1.29 bits per heavy atom. The molecule has 2 saturated heterocycles. The Hall–Kier alpha value is 1.40. The van der Waals surface area contributed by atoms with Gasteiger partial charge in [0.25, 0.3) is 0 Å². The summed E-state index contributed by atoms with van der Waals surface area (Å²) in [6.45, 7) is 0. The summed E-state index contributed by atoms with van der Waals surface area (Å²) < 4.78 is 0.611. The summed E-state index contributed by atoms with van der Waals surface area (Å²) in [6, 6.07) is 0. The van der Waals surface area contributed by atoms with Crippen molar-refractivity contribution in [2.75, 3.05) is 10.2 Å². The first-order valence-corrected chi connectivity index (χ1v) is 5.91. The second-order valence-electron chi connectivity index (χ2n) is 1.31. The molecule has 0 radical (unpaired) electrons. The van der Waals surface area contributed by atoms with Crippen LogP contribution in [0.4, 0.5) is 0 Å². The third kappa shape index (κ3) is 0.713. The Kier molecular flexibility index (Phi) is 1.26. The smallest absolute Gasteiger partial charge is 0.111 e.